The van der Waals surface area contributed by atoms with E-state index in [1.165, 1.54) is 4.88 Å². The molecule has 0 bridgehead atoms. The summed E-state index contributed by atoms with van der Waals surface area (Å²) >= 11 is 1.64. The van der Waals surface area contributed by atoms with E-state index in [1.54, 1.807) is 11.3 Å². The zero-order chi connectivity index (χ0) is 18.1. The summed E-state index contributed by atoms with van der Waals surface area (Å²) < 4.78 is 5.61. The lowest BCUT2D eigenvalue weighted by atomic mass is 10.2. The third-order valence-corrected chi connectivity index (χ3v) is 4.22. The van der Waals surface area contributed by atoms with Crippen LogP contribution in [-0.4, -0.2) is 41.9 Å². The fourth-order valence-corrected chi connectivity index (χ4v) is 2.85. The third kappa shape index (κ3) is 8.33. The molecule has 2 rings (SSSR count). The Labute approximate surface area is 176 Å². The van der Waals surface area contributed by atoms with Gasteiger partial charge in [-0.3, -0.25) is 0 Å². The average Bonchev–Trinajstić information content (AvgIpc) is 3.01. The Morgan fingerprint density at radius 2 is 2.15 bits per heavy atom. The van der Waals surface area contributed by atoms with Crippen LogP contribution in [0.5, 0.6) is 5.75 Å². The number of rotatable bonds is 8. The quantitative estimate of drug-likeness (QED) is 0.302. The minimum Gasteiger partial charge on any atom is -0.491 e. The number of nitrogens with zero attached hydrogens (tertiary/aromatic N) is 2. The number of benzene rings is 1. The Morgan fingerprint density at radius 3 is 2.81 bits per heavy atom. The summed E-state index contributed by atoms with van der Waals surface area (Å²) in [5.74, 6) is 1.42. The molecular weight excluding hydrogens is 463 g/mol. The molecule has 3 N–H and O–H groups in total. The van der Waals surface area contributed by atoms with E-state index in [-0.39, 0.29) is 30.6 Å². The minimum absolute atomic E-state index is 0. The Bertz CT molecular complexity index is 693. The Balaban J connectivity index is 0.00000338. The molecule has 0 saturated heterocycles. The highest BCUT2D eigenvalue weighted by Gasteiger charge is 2.07. The molecule has 1 atom stereocenters. The molecule has 0 spiro atoms. The molecule has 1 heterocycles. The summed E-state index contributed by atoms with van der Waals surface area (Å²) in [6.07, 6.45) is 1.22. The van der Waals surface area contributed by atoms with Crippen LogP contribution in [0.1, 0.15) is 22.4 Å². The fraction of sp³-hybridized carbons (Fsp3) is 0.444. The zero-order valence-corrected chi connectivity index (χ0v) is 18.5. The van der Waals surface area contributed by atoms with E-state index in [1.807, 2.05) is 51.2 Å². The van der Waals surface area contributed by atoms with Gasteiger partial charge in [0.05, 0.1) is 6.54 Å². The normalized spacial score (nSPS) is 12.2. The maximum absolute atomic E-state index is 10.1. The lowest BCUT2D eigenvalue weighted by molar-refractivity contribution is 0.110. The minimum atomic E-state index is -0.633. The van der Waals surface area contributed by atoms with Crippen LogP contribution in [-0.2, 0) is 6.54 Å². The first-order chi connectivity index (χ1) is 12.1. The van der Waals surface area contributed by atoms with E-state index >= 15 is 0 Å². The number of ether oxygens (including phenoxy) is 1. The third-order valence-electron chi connectivity index (χ3n) is 3.32. The smallest absolute Gasteiger partial charge is 0.191 e. The highest BCUT2D eigenvalue weighted by atomic mass is 127. The highest BCUT2D eigenvalue weighted by Crippen LogP contribution is 2.13. The van der Waals surface area contributed by atoms with Crippen LogP contribution in [0.2, 0.25) is 0 Å². The van der Waals surface area contributed by atoms with Crippen LogP contribution in [0.15, 0.2) is 35.5 Å². The first-order valence-corrected chi connectivity index (χ1v) is 9.19. The first-order valence-electron chi connectivity index (χ1n) is 8.38. The molecule has 8 heteroatoms. The van der Waals surface area contributed by atoms with Gasteiger partial charge in [-0.05, 0) is 38.5 Å². The van der Waals surface area contributed by atoms with Gasteiger partial charge in [0.2, 0.25) is 0 Å². The maximum atomic E-state index is 10.1. The molecular formula is C18H27IN4O2S. The molecule has 1 aromatic heterocycles. The van der Waals surface area contributed by atoms with Gasteiger partial charge in [-0.1, -0.05) is 12.1 Å². The van der Waals surface area contributed by atoms with Crippen molar-refractivity contribution in [3.8, 4) is 5.75 Å². The van der Waals surface area contributed by atoms with Crippen LogP contribution in [0.25, 0.3) is 0 Å². The molecule has 144 valence electrons. The van der Waals surface area contributed by atoms with E-state index in [0.717, 1.165) is 22.9 Å². The van der Waals surface area contributed by atoms with Gasteiger partial charge in [0.25, 0.3) is 0 Å². The van der Waals surface area contributed by atoms with E-state index in [4.69, 9.17) is 4.74 Å². The second kappa shape index (κ2) is 12.1. The van der Waals surface area contributed by atoms with Crippen LogP contribution in [0.3, 0.4) is 0 Å². The monoisotopic (exact) mass is 490 g/mol. The molecule has 26 heavy (non-hydrogen) atoms. The number of aromatic nitrogens is 1. The van der Waals surface area contributed by atoms with Crippen molar-refractivity contribution in [1.82, 2.24) is 15.6 Å². The molecule has 2 aromatic rings. The number of aliphatic hydroxyl groups excluding tert-OH is 1. The number of aliphatic imine (C=N–C) groups is 1. The van der Waals surface area contributed by atoms with E-state index in [0.29, 0.717) is 19.0 Å². The topological polar surface area (TPSA) is 78.8 Å². The first kappa shape index (κ1) is 22.7. The Kier molecular flexibility index (Phi) is 10.5. The van der Waals surface area contributed by atoms with Crippen molar-refractivity contribution in [2.24, 2.45) is 4.99 Å². The van der Waals surface area contributed by atoms with Gasteiger partial charge in [-0.25, -0.2) is 9.98 Å². The predicted octanol–water partition coefficient (Wildman–Crippen LogP) is 2.87. The molecule has 6 nitrogen and oxygen atoms in total. The number of hydrogen-bond donors (Lipinski definition) is 3. The SMILES string of the molecule is CCNC(=NCc1ncc(C)s1)NCC(O)COc1cccc(C)c1.I. The van der Waals surface area contributed by atoms with Crippen molar-refractivity contribution in [3.63, 3.8) is 0 Å². The molecule has 0 amide bonds. The summed E-state index contributed by atoms with van der Waals surface area (Å²) in [5, 5.41) is 17.4. The van der Waals surface area contributed by atoms with Crippen LogP contribution < -0.4 is 15.4 Å². The molecule has 0 aliphatic carbocycles. The summed E-state index contributed by atoms with van der Waals surface area (Å²) in [5.41, 5.74) is 1.13. The number of thiazole rings is 1. The van der Waals surface area contributed by atoms with Crippen molar-refractivity contribution in [1.29, 1.82) is 0 Å². The summed E-state index contributed by atoms with van der Waals surface area (Å²) in [6, 6.07) is 7.77. The van der Waals surface area contributed by atoms with Crippen LogP contribution >= 0.6 is 35.3 Å². The number of guanidine groups is 1. The van der Waals surface area contributed by atoms with Crippen LogP contribution in [0, 0.1) is 13.8 Å². The van der Waals surface area contributed by atoms with Gasteiger partial charge in [0.15, 0.2) is 5.96 Å². The Morgan fingerprint density at radius 1 is 1.35 bits per heavy atom. The number of halogens is 1. The van der Waals surface area contributed by atoms with Crippen molar-refractivity contribution >= 4 is 41.3 Å². The van der Waals surface area contributed by atoms with Gasteiger partial charge < -0.3 is 20.5 Å². The van der Waals surface area contributed by atoms with Gasteiger partial charge in [0.1, 0.15) is 23.5 Å². The number of nitrogens with one attached hydrogen (secondary N) is 2. The Hall–Kier alpha value is -1.39. The van der Waals surface area contributed by atoms with Crippen LogP contribution in [0.4, 0.5) is 0 Å². The molecule has 0 aliphatic heterocycles. The second-order valence-electron chi connectivity index (χ2n) is 5.72. The summed E-state index contributed by atoms with van der Waals surface area (Å²) in [7, 11) is 0. The molecule has 1 unspecified atom stereocenters. The molecule has 0 radical (unpaired) electrons. The van der Waals surface area contributed by atoms with Crippen molar-refractivity contribution in [3.05, 3.63) is 45.9 Å². The lowest BCUT2D eigenvalue weighted by Gasteiger charge is -2.16. The molecule has 1 aromatic carbocycles. The second-order valence-corrected chi connectivity index (χ2v) is 7.04. The molecule has 0 fully saturated rings. The summed E-state index contributed by atoms with van der Waals surface area (Å²) in [6.45, 7) is 7.88. The molecule has 0 aliphatic rings. The standard InChI is InChI=1S/C18H26N4O2S.HI/c1-4-19-18(22-11-17-20-9-14(3)25-17)21-10-15(23)12-24-16-7-5-6-13(2)8-16;/h5-9,15,23H,4,10-12H2,1-3H3,(H2,19,21,22);1H. The van der Waals surface area contributed by atoms with Crippen molar-refractivity contribution in [2.75, 3.05) is 19.7 Å². The summed E-state index contributed by atoms with van der Waals surface area (Å²) in [4.78, 5) is 9.96. The lowest BCUT2D eigenvalue weighted by Crippen LogP contribution is -2.42. The van der Waals surface area contributed by atoms with E-state index < -0.39 is 6.10 Å². The number of aliphatic hydroxyl groups is 1. The van der Waals surface area contributed by atoms with Crippen molar-refractivity contribution in [2.45, 2.75) is 33.4 Å². The fourth-order valence-electron chi connectivity index (χ4n) is 2.13. The zero-order valence-electron chi connectivity index (χ0n) is 15.4. The number of aryl methyl sites for hydroxylation is 2. The average molecular weight is 490 g/mol. The van der Waals surface area contributed by atoms with Gasteiger partial charge in [-0.15, -0.1) is 35.3 Å². The highest BCUT2D eigenvalue weighted by molar-refractivity contribution is 14.0. The van der Waals surface area contributed by atoms with Gasteiger partial charge in [0, 0.05) is 24.2 Å². The largest absolute Gasteiger partial charge is 0.491 e. The van der Waals surface area contributed by atoms with Gasteiger partial charge in [-0.2, -0.15) is 0 Å². The predicted molar refractivity (Wildman–Crippen MR) is 118 cm³/mol. The van der Waals surface area contributed by atoms with Gasteiger partial charge >= 0.3 is 0 Å². The van der Waals surface area contributed by atoms with Crippen molar-refractivity contribution < 1.29 is 9.84 Å². The van der Waals surface area contributed by atoms with E-state index in [9.17, 15) is 5.11 Å². The number of hydrogen-bond acceptors (Lipinski definition) is 5. The maximum Gasteiger partial charge on any atom is 0.191 e. The molecule has 0 saturated carbocycles. The van der Waals surface area contributed by atoms with E-state index in [2.05, 4.69) is 20.6 Å².